The second-order valence-corrected chi connectivity index (χ2v) is 7.00. The monoisotopic (exact) mass is 430 g/mol. The van der Waals surface area contributed by atoms with Gasteiger partial charge in [0.15, 0.2) is 11.8 Å². The molecule has 2 aromatic carbocycles. The number of rotatable bonds is 3. The number of halogens is 2. The molecule has 4 rings (SSSR count). The molecular weight excluding hydrogens is 407 g/mol. The Morgan fingerprint density at radius 3 is 2.45 bits per heavy atom. The Kier molecular flexibility index (Phi) is 6.72. The van der Waals surface area contributed by atoms with Crippen molar-refractivity contribution in [2.24, 2.45) is 10.7 Å². The highest BCUT2D eigenvalue weighted by atomic mass is 35.5. The van der Waals surface area contributed by atoms with Gasteiger partial charge in [-0.2, -0.15) is 4.98 Å². The Bertz CT molecular complexity index is 1080. The highest BCUT2D eigenvalue weighted by Gasteiger charge is 2.22. The van der Waals surface area contributed by atoms with Crippen LogP contribution in [0.4, 0.5) is 11.8 Å². The molecule has 0 spiro atoms. The van der Waals surface area contributed by atoms with Gasteiger partial charge in [-0.25, -0.2) is 4.99 Å². The molecule has 6 nitrogen and oxygen atoms in total. The van der Waals surface area contributed by atoms with E-state index in [9.17, 15) is 0 Å². The smallest absolute Gasteiger partial charge is 0.200 e. The van der Waals surface area contributed by atoms with Crippen LogP contribution in [-0.2, 0) is 6.42 Å². The van der Waals surface area contributed by atoms with Crippen molar-refractivity contribution in [1.82, 2.24) is 9.97 Å². The van der Waals surface area contributed by atoms with Gasteiger partial charge in [0.25, 0.3) is 0 Å². The number of fused-ring (bicyclic) bond motifs is 1. The highest BCUT2D eigenvalue weighted by Crippen LogP contribution is 2.33. The standard InChI is InChI=1S/C21H22N6.2ClH/c1-11-8-12(2)10-13(9-11)18-20(27-21(24)26-18)25-17-7-6-14-15(17)4-3-5-16(14)19(22)23;;/h3-5,8-10H,6-7H2,1-2H3,(H3,22,23)(H3,24,26,27);2*1H. The van der Waals surface area contributed by atoms with Gasteiger partial charge < -0.3 is 16.5 Å². The summed E-state index contributed by atoms with van der Waals surface area (Å²) in [5.41, 5.74) is 19.7. The van der Waals surface area contributed by atoms with Gasteiger partial charge in [0.1, 0.15) is 5.84 Å². The van der Waals surface area contributed by atoms with Crippen molar-refractivity contribution < 1.29 is 0 Å². The van der Waals surface area contributed by atoms with Crippen LogP contribution in [0.1, 0.15) is 34.2 Å². The van der Waals surface area contributed by atoms with E-state index in [-0.39, 0.29) is 30.6 Å². The predicted molar refractivity (Wildman–Crippen MR) is 124 cm³/mol. The highest BCUT2D eigenvalue weighted by molar-refractivity contribution is 6.09. The van der Waals surface area contributed by atoms with E-state index >= 15 is 0 Å². The molecule has 152 valence electrons. The van der Waals surface area contributed by atoms with Gasteiger partial charge >= 0.3 is 0 Å². The fraction of sp³-hybridized carbons (Fsp3) is 0.190. The Hall–Kier alpha value is -2.83. The number of aliphatic imine (C=N–C) groups is 1. The summed E-state index contributed by atoms with van der Waals surface area (Å²) in [5, 5.41) is 7.78. The first kappa shape index (κ1) is 22.5. The number of nitrogens with zero attached hydrogens (tertiary/aromatic N) is 2. The molecule has 0 fully saturated rings. The number of H-pyrrole nitrogens is 1. The zero-order valence-corrected chi connectivity index (χ0v) is 17.9. The predicted octanol–water partition coefficient (Wildman–Crippen LogP) is 4.47. The third-order valence-corrected chi connectivity index (χ3v) is 4.84. The molecule has 0 radical (unpaired) electrons. The fourth-order valence-corrected chi connectivity index (χ4v) is 3.78. The van der Waals surface area contributed by atoms with E-state index in [4.69, 9.17) is 21.9 Å². The van der Waals surface area contributed by atoms with Crippen LogP contribution >= 0.6 is 24.8 Å². The van der Waals surface area contributed by atoms with Crippen LogP contribution in [0.2, 0.25) is 0 Å². The molecule has 6 N–H and O–H groups in total. The summed E-state index contributed by atoms with van der Waals surface area (Å²) < 4.78 is 0. The van der Waals surface area contributed by atoms with Crippen molar-refractivity contribution in [3.63, 3.8) is 0 Å². The molecule has 0 saturated heterocycles. The molecule has 1 aromatic heterocycles. The first-order chi connectivity index (χ1) is 12.9. The number of anilines is 1. The van der Waals surface area contributed by atoms with E-state index in [0.717, 1.165) is 46.5 Å². The van der Waals surface area contributed by atoms with Crippen molar-refractivity contribution in [3.8, 4) is 11.3 Å². The van der Waals surface area contributed by atoms with Crippen LogP contribution in [0, 0.1) is 19.3 Å². The van der Waals surface area contributed by atoms with Crippen molar-refractivity contribution in [3.05, 3.63) is 64.2 Å². The second kappa shape index (κ2) is 8.68. The van der Waals surface area contributed by atoms with E-state index in [1.165, 1.54) is 11.1 Å². The van der Waals surface area contributed by atoms with Gasteiger partial charge in [-0.05, 0) is 49.9 Å². The molecule has 0 amide bonds. The summed E-state index contributed by atoms with van der Waals surface area (Å²) in [6.45, 7) is 4.14. The number of aromatic nitrogens is 2. The van der Waals surface area contributed by atoms with Crippen LogP contribution in [0.5, 0.6) is 0 Å². The minimum absolute atomic E-state index is 0. The van der Waals surface area contributed by atoms with Crippen LogP contribution in [0.15, 0.2) is 41.4 Å². The fourth-order valence-electron chi connectivity index (χ4n) is 3.78. The summed E-state index contributed by atoms with van der Waals surface area (Å²) in [6.07, 6.45) is 1.61. The number of amidine groups is 1. The third-order valence-electron chi connectivity index (χ3n) is 4.84. The average Bonchev–Trinajstić information content (AvgIpc) is 3.17. The van der Waals surface area contributed by atoms with E-state index < -0.39 is 0 Å². The topological polar surface area (TPSA) is 117 Å². The Morgan fingerprint density at radius 1 is 1.10 bits per heavy atom. The van der Waals surface area contributed by atoms with E-state index in [1.807, 2.05) is 18.2 Å². The maximum atomic E-state index is 7.78. The number of benzene rings is 2. The van der Waals surface area contributed by atoms with Crippen molar-refractivity contribution in [1.29, 1.82) is 5.41 Å². The van der Waals surface area contributed by atoms with Crippen molar-refractivity contribution in [2.75, 3.05) is 5.73 Å². The summed E-state index contributed by atoms with van der Waals surface area (Å²) in [7, 11) is 0. The SMILES string of the molecule is Cc1cc(C)cc(-c2[nH]c(N)nc2N=C2CCc3c(C(=N)N)cccc32)c1.Cl.Cl. The van der Waals surface area contributed by atoms with Gasteiger partial charge in [-0.1, -0.05) is 35.4 Å². The molecule has 0 saturated carbocycles. The summed E-state index contributed by atoms with van der Waals surface area (Å²) in [6, 6.07) is 12.2. The van der Waals surface area contributed by atoms with Gasteiger partial charge in [-0.15, -0.1) is 24.8 Å². The van der Waals surface area contributed by atoms with Crippen molar-refractivity contribution >= 4 is 48.1 Å². The average molecular weight is 431 g/mol. The molecule has 1 heterocycles. The van der Waals surface area contributed by atoms with Gasteiger partial charge in [0.2, 0.25) is 0 Å². The normalized spacial score (nSPS) is 13.5. The lowest BCUT2D eigenvalue weighted by molar-refractivity contribution is 1.08. The molecule has 0 bridgehead atoms. The molecule has 3 aromatic rings. The summed E-state index contributed by atoms with van der Waals surface area (Å²) in [5.74, 6) is 1.03. The lowest BCUT2D eigenvalue weighted by Gasteiger charge is -2.06. The maximum absolute atomic E-state index is 7.78. The summed E-state index contributed by atoms with van der Waals surface area (Å²) in [4.78, 5) is 12.4. The second-order valence-electron chi connectivity index (χ2n) is 7.00. The third kappa shape index (κ3) is 4.28. The summed E-state index contributed by atoms with van der Waals surface area (Å²) >= 11 is 0. The van der Waals surface area contributed by atoms with Crippen molar-refractivity contribution in [2.45, 2.75) is 26.7 Å². The number of aryl methyl sites for hydroxylation is 2. The molecule has 29 heavy (non-hydrogen) atoms. The number of nitrogens with one attached hydrogen (secondary N) is 2. The molecule has 0 aliphatic heterocycles. The molecule has 8 heteroatoms. The number of nitrogens with two attached hydrogens (primary N) is 2. The van der Waals surface area contributed by atoms with Crippen LogP contribution in [0.25, 0.3) is 11.3 Å². The van der Waals surface area contributed by atoms with E-state index in [2.05, 4.69) is 42.0 Å². The van der Waals surface area contributed by atoms with E-state index in [1.54, 1.807) is 0 Å². The van der Waals surface area contributed by atoms with Gasteiger partial charge in [0, 0.05) is 11.1 Å². The molecule has 1 aliphatic carbocycles. The lowest BCUT2D eigenvalue weighted by atomic mass is 10.0. The van der Waals surface area contributed by atoms with E-state index in [0.29, 0.717) is 11.8 Å². The van der Waals surface area contributed by atoms with Crippen LogP contribution in [0.3, 0.4) is 0 Å². The Balaban J connectivity index is 0.00000150. The first-order valence-electron chi connectivity index (χ1n) is 8.90. The largest absolute Gasteiger partial charge is 0.384 e. The number of hydrogen-bond acceptors (Lipinski definition) is 4. The lowest BCUT2D eigenvalue weighted by Crippen LogP contribution is -2.13. The number of imidazole rings is 1. The minimum Gasteiger partial charge on any atom is -0.384 e. The maximum Gasteiger partial charge on any atom is 0.200 e. The van der Waals surface area contributed by atoms with Crippen LogP contribution < -0.4 is 11.5 Å². The molecule has 0 unspecified atom stereocenters. The number of nitrogen functional groups attached to an aromatic ring is 2. The quantitative estimate of drug-likeness (QED) is 0.362. The van der Waals surface area contributed by atoms with Gasteiger partial charge in [-0.3, -0.25) is 5.41 Å². The number of hydrogen-bond donors (Lipinski definition) is 4. The molecule has 0 atom stereocenters. The molecular formula is C21H24Cl2N6. The Labute approximate surface area is 182 Å². The number of aromatic amines is 1. The minimum atomic E-state index is 0. The zero-order chi connectivity index (χ0) is 19.1. The van der Waals surface area contributed by atoms with Crippen LogP contribution in [-0.4, -0.2) is 21.5 Å². The zero-order valence-electron chi connectivity index (χ0n) is 16.2. The Morgan fingerprint density at radius 2 is 1.79 bits per heavy atom. The molecule has 1 aliphatic rings. The first-order valence-corrected chi connectivity index (χ1v) is 8.90. The van der Waals surface area contributed by atoms with Gasteiger partial charge in [0.05, 0.1) is 11.4 Å².